The van der Waals surface area contributed by atoms with Gasteiger partial charge in [-0.1, -0.05) is 53.7 Å². The van der Waals surface area contributed by atoms with E-state index in [-0.39, 0.29) is 16.7 Å². The Morgan fingerprint density at radius 1 is 1.21 bits per heavy atom. The zero-order valence-corrected chi connectivity index (χ0v) is 16.5. The summed E-state index contributed by atoms with van der Waals surface area (Å²) in [6.45, 7) is 0.674. The Labute approximate surface area is 171 Å². The van der Waals surface area contributed by atoms with Gasteiger partial charge in [0.25, 0.3) is 0 Å². The molecule has 1 amide bonds. The highest BCUT2D eigenvalue weighted by atomic mass is 35.5. The van der Waals surface area contributed by atoms with Crippen LogP contribution >= 0.6 is 23.4 Å². The zero-order valence-electron chi connectivity index (χ0n) is 14.9. The topological polar surface area (TPSA) is 59.8 Å². The number of halogens is 2. The summed E-state index contributed by atoms with van der Waals surface area (Å²) in [5, 5.41) is 12.2. The quantitative estimate of drug-likeness (QED) is 0.566. The fourth-order valence-corrected chi connectivity index (χ4v) is 3.83. The maximum atomic E-state index is 13.1. The maximum Gasteiger partial charge on any atom is 0.234 e. The summed E-state index contributed by atoms with van der Waals surface area (Å²) in [5.74, 6) is 0.913. The summed E-state index contributed by atoms with van der Waals surface area (Å²) in [6.07, 6.45) is 2.25. The molecule has 3 aromatic rings. The number of benzene rings is 2. The van der Waals surface area contributed by atoms with E-state index >= 15 is 0 Å². The smallest absolute Gasteiger partial charge is 0.234 e. The van der Waals surface area contributed by atoms with Gasteiger partial charge in [-0.05, 0) is 36.6 Å². The molecule has 4 rings (SSSR count). The van der Waals surface area contributed by atoms with Gasteiger partial charge in [0.2, 0.25) is 5.91 Å². The van der Waals surface area contributed by atoms with Gasteiger partial charge in [-0.2, -0.15) is 0 Å². The molecule has 1 aliphatic carbocycles. The van der Waals surface area contributed by atoms with Gasteiger partial charge in [0, 0.05) is 5.92 Å². The molecule has 0 spiro atoms. The van der Waals surface area contributed by atoms with Crippen molar-refractivity contribution in [2.45, 2.75) is 30.5 Å². The second-order valence-electron chi connectivity index (χ2n) is 6.65. The fraction of sp³-hybridized carbons (Fsp3) is 0.250. The van der Waals surface area contributed by atoms with Gasteiger partial charge in [0.1, 0.15) is 11.6 Å². The second kappa shape index (κ2) is 8.32. The number of rotatable bonds is 7. The van der Waals surface area contributed by atoms with Gasteiger partial charge < -0.3 is 9.88 Å². The average Bonchev–Trinajstić information content (AvgIpc) is 3.45. The summed E-state index contributed by atoms with van der Waals surface area (Å²) in [5.41, 5.74) is 1.55. The molecule has 144 valence electrons. The van der Waals surface area contributed by atoms with Crippen LogP contribution in [0.25, 0.3) is 0 Å². The first-order valence-electron chi connectivity index (χ1n) is 8.95. The van der Waals surface area contributed by atoms with E-state index in [9.17, 15) is 9.18 Å². The summed E-state index contributed by atoms with van der Waals surface area (Å²) in [7, 11) is 0. The lowest BCUT2D eigenvalue weighted by molar-refractivity contribution is -0.113. The van der Waals surface area contributed by atoms with E-state index in [1.807, 2.05) is 18.2 Å². The minimum Gasteiger partial charge on any atom is -0.324 e. The van der Waals surface area contributed by atoms with E-state index in [4.69, 9.17) is 11.6 Å². The monoisotopic (exact) mass is 416 g/mol. The third-order valence-electron chi connectivity index (χ3n) is 4.41. The molecular formula is C20H18ClFN4OS. The summed E-state index contributed by atoms with van der Waals surface area (Å²) < 4.78 is 15.2. The van der Waals surface area contributed by atoms with Gasteiger partial charge in [-0.25, -0.2) is 4.39 Å². The minimum absolute atomic E-state index is 0.158. The van der Waals surface area contributed by atoms with Crippen LogP contribution in [0.3, 0.4) is 0 Å². The predicted octanol–water partition coefficient (Wildman–Crippen LogP) is 4.73. The number of nitrogens with one attached hydrogen (secondary N) is 1. The number of hydrogen-bond donors (Lipinski definition) is 1. The van der Waals surface area contributed by atoms with Crippen molar-refractivity contribution < 1.29 is 9.18 Å². The van der Waals surface area contributed by atoms with Crippen LogP contribution in [-0.2, 0) is 11.3 Å². The van der Waals surface area contributed by atoms with Crippen LogP contribution in [0, 0.1) is 5.82 Å². The Balaban J connectivity index is 1.45. The molecule has 1 fully saturated rings. The number of anilines is 1. The summed E-state index contributed by atoms with van der Waals surface area (Å²) in [6, 6.07) is 14.0. The molecule has 0 aliphatic heterocycles. The van der Waals surface area contributed by atoms with Crippen LogP contribution in [-0.4, -0.2) is 26.4 Å². The number of hydrogen-bond acceptors (Lipinski definition) is 4. The lowest BCUT2D eigenvalue weighted by Crippen LogP contribution is -2.15. The number of amides is 1. The molecule has 0 saturated heterocycles. The lowest BCUT2D eigenvalue weighted by atomic mass is 10.2. The first-order valence-corrected chi connectivity index (χ1v) is 10.3. The number of nitrogens with zero attached hydrogens (tertiary/aromatic N) is 3. The van der Waals surface area contributed by atoms with Crippen molar-refractivity contribution in [1.82, 2.24) is 14.8 Å². The molecule has 1 saturated carbocycles. The second-order valence-corrected chi connectivity index (χ2v) is 8.00. The highest BCUT2D eigenvalue weighted by Gasteiger charge is 2.30. The first kappa shape index (κ1) is 19.0. The SMILES string of the molecule is O=C(CSc1nnc(C2CC2)n1Cc1ccccc1)Nc1ccc(F)cc1Cl. The highest BCUT2D eigenvalue weighted by Crippen LogP contribution is 2.40. The van der Waals surface area contributed by atoms with Crippen molar-refractivity contribution in [3.8, 4) is 0 Å². The number of aromatic nitrogens is 3. The minimum atomic E-state index is -0.445. The largest absolute Gasteiger partial charge is 0.324 e. The molecule has 5 nitrogen and oxygen atoms in total. The Morgan fingerprint density at radius 2 is 2.00 bits per heavy atom. The van der Waals surface area contributed by atoms with Crippen molar-refractivity contribution in [1.29, 1.82) is 0 Å². The van der Waals surface area contributed by atoms with Crippen LogP contribution in [0.2, 0.25) is 5.02 Å². The van der Waals surface area contributed by atoms with Crippen LogP contribution < -0.4 is 5.32 Å². The molecular weight excluding hydrogens is 399 g/mol. The molecule has 1 N–H and O–H groups in total. The predicted molar refractivity (Wildman–Crippen MR) is 108 cm³/mol. The molecule has 0 radical (unpaired) electrons. The van der Waals surface area contributed by atoms with E-state index < -0.39 is 5.82 Å². The van der Waals surface area contributed by atoms with Crippen molar-refractivity contribution in [3.05, 3.63) is 70.8 Å². The third kappa shape index (κ3) is 4.54. The Morgan fingerprint density at radius 3 is 2.71 bits per heavy atom. The van der Waals surface area contributed by atoms with Crippen LogP contribution in [0.1, 0.15) is 30.1 Å². The average molecular weight is 417 g/mol. The lowest BCUT2D eigenvalue weighted by Gasteiger charge is -2.10. The Kier molecular flexibility index (Phi) is 5.64. The zero-order chi connectivity index (χ0) is 19.5. The van der Waals surface area contributed by atoms with Crippen LogP contribution in [0.15, 0.2) is 53.7 Å². The van der Waals surface area contributed by atoms with E-state index in [1.165, 1.54) is 30.0 Å². The van der Waals surface area contributed by atoms with Crippen LogP contribution in [0.5, 0.6) is 0 Å². The van der Waals surface area contributed by atoms with Crippen molar-refractivity contribution in [2.75, 3.05) is 11.1 Å². The van der Waals surface area contributed by atoms with Gasteiger partial charge >= 0.3 is 0 Å². The number of carbonyl (C=O) groups excluding carboxylic acids is 1. The van der Waals surface area contributed by atoms with Crippen molar-refractivity contribution >= 4 is 35.0 Å². The van der Waals surface area contributed by atoms with E-state index in [1.54, 1.807) is 0 Å². The highest BCUT2D eigenvalue weighted by molar-refractivity contribution is 7.99. The molecule has 0 unspecified atom stereocenters. The molecule has 0 atom stereocenters. The molecule has 28 heavy (non-hydrogen) atoms. The first-order chi connectivity index (χ1) is 13.6. The maximum absolute atomic E-state index is 13.1. The normalized spacial score (nSPS) is 13.5. The van der Waals surface area contributed by atoms with Gasteiger partial charge in [-0.3, -0.25) is 4.79 Å². The van der Waals surface area contributed by atoms with Gasteiger partial charge in [0.05, 0.1) is 23.0 Å². The van der Waals surface area contributed by atoms with E-state index in [2.05, 4.69) is 32.2 Å². The number of thioether (sulfide) groups is 1. The molecule has 2 aromatic carbocycles. The van der Waals surface area contributed by atoms with Crippen molar-refractivity contribution in [2.24, 2.45) is 0 Å². The van der Waals surface area contributed by atoms with Crippen LogP contribution in [0.4, 0.5) is 10.1 Å². The van der Waals surface area contributed by atoms with E-state index in [0.717, 1.165) is 24.2 Å². The van der Waals surface area contributed by atoms with E-state index in [0.29, 0.717) is 23.3 Å². The fourth-order valence-electron chi connectivity index (χ4n) is 2.87. The Hall–Kier alpha value is -2.38. The third-order valence-corrected chi connectivity index (χ3v) is 5.69. The molecule has 1 aromatic heterocycles. The summed E-state index contributed by atoms with van der Waals surface area (Å²) in [4.78, 5) is 12.3. The van der Waals surface area contributed by atoms with Gasteiger partial charge in [0.15, 0.2) is 5.16 Å². The van der Waals surface area contributed by atoms with Gasteiger partial charge in [-0.15, -0.1) is 10.2 Å². The Bertz CT molecular complexity index is 991. The standard InChI is InChI=1S/C20H18ClFN4OS/c21-16-10-15(22)8-9-17(16)23-18(27)12-28-20-25-24-19(14-6-7-14)26(20)11-13-4-2-1-3-5-13/h1-5,8-10,14H,6-7,11-12H2,(H,23,27). The number of carbonyl (C=O) groups is 1. The summed E-state index contributed by atoms with van der Waals surface area (Å²) >= 11 is 7.29. The molecule has 1 aliphatic rings. The van der Waals surface area contributed by atoms with Crippen molar-refractivity contribution in [3.63, 3.8) is 0 Å². The molecule has 8 heteroatoms. The molecule has 0 bridgehead atoms. The molecule has 1 heterocycles.